The molecule has 158 valence electrons. The van der Waals surface area contributed by atoms with E-state index in [2.05, 4.69) is 40.3 Å². The van der Waals surface area contributed by atoms with E-state index in [1.165, 1.54) is 63.4 Å². The largest absolute Gasteiger partial charge is 0.393 e. The van der Waals surface area contributed by atoms with E-state index in [-0.39, 0.29) is 6.10 Å². The van der Waals surface area contributed by atoms with Crippen LogP contribution >= 0.6 is 0 Å². The van der Waals surface area contributed by atoms with Gasteiger partial charge in [-0.3, -0.25) is 0 Å². The van der Waals surface area contributed by atoms with Gasteiger partial charge in [0.25, 0.3) is 0 Å². The minimum Gasteiger partial charge on any atom is -0.393 e. The molecule has 1 N–H and O–H groups in total. The monoisotopic (exact) mass is 384 g/mol. The first-order valence-corrected chi connectivity index (χ1v) is 12.3. The molecule has 1 heteroatoms. The fourth-order valence-corrected chi connectivity index (χ4v) is 7.94. The molecular weight excluding hydrogens is 340 g/mol. The Kier molecular flexibility index (Phi) is 5.62. The van der Waals surface area contributed by atoms with E-state index >= 15 is 0 Å². The van der Waals surface area contributed by atoms with Gasteiger partial charge in [0.1, 0.15) is 0 Å². The normalized spacial score (nSPS) is 45.2. The molecule has 3 saturated carbocycles. The van der Waals surface area contributed by atoms with E-state index in [1.807, 2.05) is 5.57 Å². The summed E-state index contributed by atoms with van der Waals surface area (Å²) in [6.07, 6.45) is 16.8. The predicted octanol–water partition coefficient (Wildman–Crippen LogP) is 7.31. The maximum atomic E-state index is 10.2. The highest BCUT2D eigenvalue weighted by Crippen LogP contribution is 2.66. The summed E-state index contributed by atoms with van der Waals surface area (Å²) in [5, 5.41) is 10.2. The zero-order valence-electron chi connectivity index (χ0n) is 19.0. The second kappa shape index (κ2) is 7.60. The molecule has 28 heavy (non-hydrogen) atoms. The third kappa shape index (κ3) is 3.34. The minimum absolute atomic E-state index is 0.0432. The standard InChI is InChI=1S/C27H44O/c1-18(2)19(3)7-6-8-20-10-12-24-23-11-9-21-17-22(28)13-15-27(21,5)25(23)14-16-26(20,24)4/h11,18,20-22,24-25,28H,3,6-10,12-17H2,1-2,4-5H3. The first-order valence-electron chi connectivity index (χ1n) is 12.3. The Hall–Kier alpha value is -0.560. The SMILES string of the molecule is C=C(CCCC1CCC2C3=CCC4CC(O)CCC4(C)C3CCC12C)C(C)C. The number of aliphatic hydroxyl groups excluding tert-OH is 1. The van der Waals surface area contributed by atoms with Crippen LogP contribution in [-0.2, 0) is 0 Å². The van der Waals surface area contributed by atoms with Gasteiger partial charge in [-0.15, -0.1) is 0 Å². The van der Waals surface area contributed by atoms with Gasteiger partial charge in [0.05, 0.1) is 6.10 Å². The molecule has 0 bridgehead atoms. The van der Waals surface area contributed by atoms with Gasteiger partial charge in [0, 0.05) is 0 Å². The van der Waals surface area contributed by atoms with Crippen molar-refractivity contribution >= 4 is 0 Å². The van der Waals surface area contributed by atoms with Crippen molar-refractivity contribution in [3.63, 3.8) is 0 Å². The molecule has 0 heterocycles. The Morgan fingerprint density at radius 1 is 1.11 bits per heavy atom. The molecule has 0 aromatic carbocycles. The number of hydrogen-bond acceptors (Lipinski definition) is 1. The molecule has 7 atom stereocenters. The van der Waals surface area contributed by atoms with Crippen LogP contribution in [0, 0.1) is 40.4 Å². The number of fused-ring (bicyclic) bond motifs is 5. The van der Waals surface area contributed by atoms with Crippen LogP contribution < -0.4 is 0 Å². The fraction of sp³-hybridized carbons (Fsp3) is 0.852. The Labute approximate surface area is 174 Å². The molecule has 0 saturated heterocycles. The van der Waals surface area contributed by atoms with Gasteiger partial charge in [-0.05, 0) is 111 Å². The molecule has 0 spiro atoms. The minimum atomic E-state index is -0.0432. The summed E-state index contributed by atoms with van der Waals surface area (Å²) in [4.78, 5) is 0. The van der Waals surface area contributed by atoms with Crippen LogP contribution in [0.2, 0.25) is 0 Å². The Bertz CT molecular complexity index is 630. The van der Waals surface area contributed by atoms with Crippen LogP contribution in [0.4, 0.5) is 0 Å². The summed E-state index contributed by atoms with van der Waals surface area (Å²) in [5.41, 5.74) is 4.30. The zero-order valence-corrected chi connectivity index (χ0v) is 19.0. The summed E-state index contributed by atoms with van der Waals surface area (Å²) in [5.74, 6) is 3.91. The van der Waals surface area contributed by atoms with Crippen LogP contribution in [0.1, 0.15) is 98.3 Å². The summed E-state index contributed by atoms with van der Waals surface area (Å²) >= 11 is 0. The van der Waals surface area contributed by atoms with E-state index in [9.17, 15) is 5.11 Å². The molecule has 4 rings (SSSR count). The molecule has 3 fully saturated rings. The van der Waals surface area contributed by atoms with Crippen molar-refractivity contribution in [1.29, 1.82) is 0 Å². The maximum absolute atomic E-state index is 10.2. The average Bonchev–Trinajstić information content (AvgIpc) is 2.99. The lowest BCUT2D eigenvalue weighted by atomic mass is 9.48. The Balaban J connectivity index is 1.46. The first kappa shape index (κ1) is 20.7. The number of rotatable bonds is 5. The van der Waals surface area contributed by atoms with Crippen LogP contribution in [-0.4, -0.2) is 11.2 Å². The topological polar surface area (TPSA) is 20.2 Å². The highest BCUT2D eigenvalue weighted by atomic mass is 16.3. The fourth-order valence-electron chi connectivity index (χ4n) is 7.94. The van der Waals surface area contributed by atoms with Crippen molar-refractivity contribution in [2.75, 3.05) is 0 Å². The van der Waals surface area contributed by atoms with Crippen molar-refractivity contribution in [2.45, 2.75) is 104 Å². The van der Waals surface area contributed by atoms with Crippen LogP contribution in [0.15, 0.2) is 23.8 Å². The molecule has 0 aromatic rings. The smallest absolute Gasteiger partial charge is 0.0543 e. The number of hydrogen-bond donors (Lipinski definition) is 1. The van der Waals surface area contributed by atoms with Crippen molar-refractivity contribution in [1.82, 2.24) is 0 Å². The van der Waals surface area contributed by atoms with Crippen molar-refractivity contribution in [3.8, 4) is 0 Å². The van der Waals surface area contributed by atoms with Gasteiger partial charge in [-0.25, -0.2) is 0 Å². The Morgan fingerprint density at radius 3 is 2.57 bits per heavy atom. The van der Waals surface area contributed by atoms with Gasteiger partial charge >= 0.3 is 0 Å². The van der Waals surface area contributed by atoms with E-state index < -0.39 is 0 Å². The van der Waals surface area contributed by atoms with Gasteiger partial charge in [0.15, 0.2) is 0 Å². The number of aliphatic hydroxyl groups is 1. The third-order valence-corrected chi connectivity index (χ3v) is 10.1. The summed E-state index contributed by atoms with van der Waals surface area (Å²) in [7, 11) is 0. The molecule has 0 aromatic heterocycles. The molecule has 7 unspecified atom stereocenters. The first-order chi connectivity index (χ1) is 13.3. The predicted molar refractivity (Wildman–Crippen MR) is 119 cm³/mol. The molecule has 4 aliphatic rings. The highest BCUT2D eigenvalue weighted by molar-refractivity contribution is 5.27. The molecule has 4 aliphatic carbocycles. The van der Waals surface area contributed by atoms with Crippen LogP contribution in [0.5, 0.6) is 0 Å². The van der Waals surface area contributed by atoms with Gasteiger partial charge < -0.3 is 5.11 Å². The molecule has 0 amide bonds. The molecular formula is C27H44O. The van der Waals surface area contributed by atoms with Crippen molar-refractivity contribution in [2.24, 2.45) is 40.4 Å². The van der Waals surface area contributed by atoms with Crippen molar-refractivity contribution in [3.05, 3.63) is 23.8 Å². The van der Waals surface area contributed by atoms with E-state index in [1.54, 1.807) is 0 Å². The third-order valence-electron chi connectivity index (χ3n) is 10.1. The van der Waals surface area contributed by atoms with E-state index in [0.29, 0.717) is 22.7 Å². The van der Waals surface area contributed by atoms with E-state index in [0.717, 1.165) is 30.6 Å². The second-order valence-electron chi connectivity index (χ2n) is 11.7. The quantitative estimate of drug-likeness (QED) is 0.493. The lowest BCUT2D eigenvalue weighted by molar-refractivity contribution is -0.0402. The summed E-state index contributed by atoms with van der Waals surface area (Å²) < 4.78 is 0. The number of allylic oxidation sites excluding steroid dienone is 3. The lowest BCUT2D eigenvalue weighted by Gasteiger charge is -2.57. The maximum Gasteiger partial charge on any atom is 0.0543 e. The molecule has 0 radical (unpaired) electrons. The summed E-state index contributed by atoms with van der Waals surface area (Å²) in [6.45, 7) is 14.1. The Morgan fingerprint density at radius 2 is 1.82 bits per heavy atom. The van der Waals surface area contributed by atoms with Gasteiger partial charge in [-0.1, -0.05) is 51.5 Å². The summed E-state index contributed by atoms with van der Waals surface area (Å²) in [6, 6.07) is 0. The molecule has 1 nitrogen and oxygen atoms in total. The second-order valence-corrected chi connectivity index (χ2v) is 11.7. The molecule has 0 aliphatic heterocycles. The van der Waals surface area contributed by atoms with Gasteiger partial charge in [0.2, 0.25) is 0 Å². The van der Waals surface area contributed by atoms with Crippen LogP contribution in [0.25, 0.3) is 0 Å². The lowest BCUT2D eigenvalue weighted by Crippen LogP contribution is -2.49. The average molecular weight is 385 g/mol. The van der Waals surface area contributed by atoms with E-state index in [4.69, 9.17) is 0 Å². The zero-order chi connectivity index (χ0) is 20.1. The van der Waals surface area contributed by atoms with Crippen molar-refractivity contribution < 1.29 is 5.11 Å². The highest BCUT2D eigenvalue weighted by Gasteiger charge is 2.57. The van der Waals surface area contributed by atoms with Crippen LogP contribution in [0.3, 0.4) is 0 Å². The van der Waals surface area contributed by atoms with Gasteiger partial charge in [-0.2, -0.15) is 0 Å².